The highest BCUT2D eigenvalue weighted by Crippen LogP contribution is 2.25. The van der Waals surface area contributed by atoms with Gasteiger partial charge in [0.25, 0.3) is 0 Å². The maximum Gasteiger partial charge on any atom is 0.230 e. The van der Waals surface area contributed by atoms with Crippen LogP contribution in [-0.2, 0) is 19.4 Å². The monoisotopic (exact) mass is 220 g/mol. The zero-order chi connectivity index (χ0) is 10.9. The Bertz CT molecular complexity index is 348. The highest BCUT2D eigenvalue weighted by atomic mass is 32.2. The molecule has 0 aromatic heterocycles. The van der Waals surface area contributed by atoms with Crippen molar-refractivity contribution in [1.29, 1.82) is 0 Å². The molecule has 4 N–H and O–H groups in total. The van der Waals surface area contributed by atoms with Gasteiger partial charge < -0.3 is 11.5 Å². The van der Waals surface area contributed by atoms with Crippen molar-refractivity contribution in [1.82, 2.24) is 0 Å². The van der Waals surface area contributed by atoms with Crippen molar-refractivity contribution >= 4 is 21.7 Å². The van der Waals surface area contributed by atoms with Gasteiger partial charge in [-0.1, -0.05) is 0 Å². The van der Waals surface area contributed by atoms with Crippen LogP contribution in [0.1, 0.15) is 6.42 Å². The molecule has 0 aromatic rings. The largest absolute Gasteiger partial charge is 0.369 e. The molecule has 0 aromatic carbocycles. The fourth-order valence-corrected chi connectivity index (χ4v) is 3.53. The summed E-state index contributed by atoms with van der Waals surface area (Å²) in [4.78, 5) is 21.7. The smallest absolute Gasteiger partial charge is 0.230 e. The quantitative estimate of drug-likeness (QED) is 0.535. The van der Waals surface area contributed by atoms with Crippen LogP contribution >= 0.6 is 0 Å². The summed E-state index contributed by atoms with van der Waals surface area (Å²) in [5, 5.41) is 0. The zero-order valence-electron chi connectivity index (χ0n) is 7.47. The summed E-state index contributed by atoms with van der Waals surface area (Å²) in [6.45, 7) is 0. The van der Waals surface area contributed by atoms with Crippen molar-refractivity contribution in [2.75, 3.05) is 11.5 Å². The molecule has 1 aliphatic heterocycles. The number of rotatable bonds is 3. The molecule has 0 spiro atoms. The van der Waals surface area contributed by atoms with Crippen LogP contribution in [0, 0.1) is 11.8 Å². The summed E-state index contributed by atoms with van der Waals surface area (Å²) in [7, 11) is -3.12. The average molecular weight is 220 g/mol. The third kappa shape index (κ3) is 2.22. The second-order valence-electron chi connectivity index (χ2n) is 3.45. The summed E-state index contributed by atoms with van der Waals surface area (Å²) in [6.07, 6.45) is 0.277. The molecule has 6 nitrogen and oxygen atoms in total. The van der Waals surface area contributed by atoms with Crippen LogP contribution in [0.15, 0.2) is 0 Å². The number of primary amides is 2. The molecule has 1 rings (SSSR count). The maximum absolute atomic E-state index is 11.1. The van der Waals surface area contributed by atoms with Crippen LogP contribution < -0.4 is 11.5 Å². The molecule has 1 heterocycles. The molecule has 0 radical (unpaired) electrons. The van der Waals surface area contributed by atoms with Gasteiger partial charge in [0.05, 0.1) is 11.5 Å². The fourth-order valence-electron chi connectivity index (χ4n) is 1.69. The van der Waals surface area contributed by atoms with Crippen LogP contribution in [0.2, 0.25) is 0 Å². The third-order valence-corrected chi connectivity index (χ3v) is 4.15. The number of hydrogen-bond acceptors (Lipinski definition) is 4. The maximum atomic E-state index is 11.1. The minimum Gasteiger partial charge on any atom is -0.369 e. The van der Waals surface area contributed by atoms with Gasteiger partial charge in [-0.25, -0.2) is 8.42 Å². The topological polar surface area (TPSA) is 120 Å². The van der Waals surface area contributed by atoms with Crippen molar-refractivity contribution in [2.24, 2.45) is 23.3 Å². The first-order valence-electron chi connectivity index (χ1n) is 4.12. The first-order chi connectivity index (χ1) is 6.33. The molecule has 14 heavy (non-hydrogen) atoms. The Morgan fingerprint density at radius 3 is 2.00 bits per heavy atom. The van der Waals surface area contributed by atoms with Crippen molar-refractivity contribution in [2.45, 2.75) is 6.42 Å². The molecule has 1 aliphatic rings. The van der Waals surface area contributed by atoms with Gasteiger partial charge in [-0.15, -0.1) is 0 Å². The van der Waals surface area contributed by atoms with Gasteiger partial charge in [0.1, 0.15) is 5.92 Å². The molecule has 0 aliphatic carbocycles. The Kier molecular flexibility index (Phi) is 2.79. The van der Waals surface area contributed by atoms with Crippen molar-refractivity contribution in [3.63, 3.8) is 0 Å². The highest BCUT2D eigenvalue weighted by molar-refractivity contribution is 7.91. The van der Waals surface area contributed by atoms with E-state index in [0.717, 1.165) is 0 Å². The van der Waals surface area contributed by atoms with Gasteiger partial charge in [0.15, 0.2) is 9.84 Å². The molecule has 80 valence electrons. The van der Waals surface area contributed by atoms with E-state index in [0.29, 0.717) is 0 Å². The molecule has 1 fully saturated rings. The predicted octanol–water partition coefficient (Wildman–Crippen LogP) is -1.99. The van der Waals surface area contributed by atoms with E-state index in [1.807, 2.05) is 0 Å². The molecular formula is C7H12N2O4S. The van der Waals surface area contributed by atoms with Crippen LogP contribution in [-0.4, -0.2) is 31.7 Å². The number of nitrogens with two attached hydrogens (primary N) is 2. The van der Waals surface area contributed by atoms with E-state index in [9.17, 15) is 18.0 Å². The van der Waals surface area contributed by atoms with Gasteiger partial charge in [-0.05, 0) is 12.3 Å². The van der Waals surface area contributed by atoms with Crippen molar-refractivity contribution in [3.8, 4) is 0 Å². The summed E-state index contributed by atoms with van der Waals surface area (Å²) in [5.41, 5.74) is 9.94. The predicted molar refractivity (Wildman–Crippen MR) is 48.6 cm³/mol. The number of sulfone groups is 1. The molecule has 0 saturated carbocycles. The van der Waals surface area contributed by atoms with Crippen LogP contribution in [0.5, 0.6) is 0 Å². The van der Waals surface area contributed by atoms with E-state index < -0.39 is 33.5 Å². The summed E-state index contributed by atoms with van der Waals surface area (Å²) >= 11 is 0. The molecule has 1 saturated heterocycles. The van der Waals surface area contributed by atoms with E-state index in [1.165, 1.54) is 0 Å². The van der Waals surface area contributed by atoms with Gasteiger partial charge in [-0.2, -0.15) is 0 Å². The lowest BCUT2D eigenvalue weighted by atomic mass is 9.91. The first kappa shape index (κ1) is 11.0. The molecule has 0 unspecified atom stereocenters. The lowest BCUT2D eigenvalue weighted by Crippen LogP contribution is -2.40. The van der Waals surface area contributed by atoms with E-state index in [2.05, 4.69) is 0 Å². The van der Waals surface area contributed by atoms with Gasteiger partial charge >= 0.3 is 0 Å². The molecule has 2 amide bonds. The van der Waals surface area contributed by atoms with Crippen LogP contribution in [0.4, 0.5) is 0 Å². The Morgan fingerprint density at radius 1 is 1.21 bits per heavy atom. The lowest BCUT2D eigenvalue weighted by molar-refractivity contribution is -0.133. The van der Waals surface area contributed by atoms with Gasteiger partial charge in [-0.3, -0.25) is 9.59 Å². The SMILES string of the molecule is NC(=O)C(C(N)=O)[C@@H]1CCS(=O)(=O)C1. The van der Waals surface area contributed by atoms with Gasteiger partial charge in [0.2, 0.25) is 11.8 Å². The summed E-state index contributed by atoms with van der Waals surface area (Å²) < 4.78 is 22.2. The van der Waals surface area contributed by atoms with E-state index in [1.54, 1.807) is 0 Å². The second kappa shape index (κ2) is 3.56. The fraction of sp³-hybridized carbons (Fsp3) is 0.714. The Hall–Kier alpha value is -1.11. The van der Waals surface area contributed by atoms with E-state index in [4.69, 9.17) is 11.5 Å². The van der Waals surface area contributed by atoms with Crippen LogP contribution in [0.25, 0.3) is 0 Å². The summed E-state index contributed by atoms with van der Waals surface area (Å²) in [5.74, 6) is -3.58. The van der Waals surface area contributed by atoms with E-state index in [-0.39, 0.29) is 17.9 Å². The van der Waals surface area contributed by atoms with Gasteiger partial charge in [0, 0.05) is 0 Å². The lowest BCUT2D eigenvalue weighted by Gasteiger charge is -2.14. The normalized spacial score (nSPS) is 25.1. The van der Waals surface area contributed by atoms with Crippen molar-refractivity contribution < 1.29 is 18.0 Å². The first-order valence-corrected chi connectivity index (χ1v) is 5.94. The second-order valence-corrected chi connectivity index (χ2v) is 5.67. The zero-order valence-corrected chi connectivity index (χ0v) is 8.29. The Labute approximate surface area is 81.6 Å². The minimum absolute atomic E-state index is 0.00523. The average Bonchev–Trinajstić information content (AvgIpc) is 2.28. The number of carbonyl (C=O) groups excluding carboxylic acids is 2. The summed E-state index contributed by atoms with van der Waals surface area (Å²) in [6, 6.07) is 0. The number of amides is 2. The molecule has 0 bridgehead atoms. The highest BCUT2D eigenvalue weighted by Gasteiger charge is 2.39. The third-order valence-electron chi connectivity index (χ3n) is 2.35. The Balaban J connectivity index is 2.83. The number of carbonyl (C=O) groups is 2. The Morgan fingerprint density at radius 2 is 1.71 bits per heavy atom. The number of hydrogen-bond donors (Lipinski definition) is 2. The van der Waals surface area contributed by atoms with Crippen LogP contribution in [0.3, 0.4) is 0 Å². The van der Waals surface area contributed by atoms with Crippen molar-refractivity contribution in [3.05, 3.63) is 0 Å². The minimum atomic E-state index is -3.12. The standard InChI is InChI=1S/C7H12N2O4S/c8-6(10)5(7(9)11)4-1-2-14(12,13)3-4/h4-5H,1-3H2,(H2,8,10)(H2,9,11)/t4-/m1/s1. The molecule has 7 heteroatoms. The molecule has 1 atom stereocenters. The van der Waals surface area contributed by atoms with E-state index >= 15 is 0 Å². The molecular weight excluding hydrogens is 208 g/mol.